The average molecular weight is 332 g/mol. The summed E-state index contributed by atoms with van der Waals surface area (Å²) < 4.78 is 1.46. The molecule has 8 nitrogen and oxygen atoms in total. The van der Waals surface area contributed by atoms with Crippen LogP contribution in [0, 0.1) is 0 Å². The van der Waals surface area contributed by atoms with E-state index in [-0.39, 0.29) is 11.0 Å². The number of hydrogen-bond donors (Lipinski definition) is 2. The van der Waals surface area contributed by atoms with E-state index in [2.05, 4.69) is 30.2 Å². The van der Waals surface area contributed by atoms with Gasteiger partial charge in [-0.2, -0.15) is 9.97 Å². The summed E-state index contributed by atoms with van der Waals surface area (Å²) in [5.41, 5.74) is 1.38. The number of H-pyrrole nitrogens is 1. The Hall–Kier alpha value is -2.45. The first-order chi connectivity index (χ1) is 11.2. The van der Waals surface area contributed by atoms with Crippen LogP contribution >= 0.6 is 11.6 Å². The Bertz CT molecular complexity index is 899. The molecule has 0 amide bonds. The number of piperazine rings is 1. The standard InChI is InChI=1S/C14H14ClN7O/c15-13-19-11(21-6-4-16-5-7-21)10-12(20-13)22(14(23)18-10)9-2-1-3-17-8-9/h1-3,8,16H,4-7H2,(H,18,23). The molecule has 1 aliphatic heterocycles. The van der Waals surface area contributed by atoms with Gasteiger partial charge in [-0.15, -0.1) is 0 Å². The molecule has 9 heteroatoms. The number of anilines is 1. The van der Waals surface area contributed by atoms with Gasteiger partial charge in [-0.05, 0) is 23.7 Å². The van der Waals surface area contributed by atoms with Crippen molar-refractivity contribution in [2.45, 2.75) is 0 Å². The molecule has 0 aromatic carbocycles. The van der Waals surface area contributed by atoms with Gasteiger partial charge in [0, 0.05) is 32.4 Å². The largest absolute Gasteiger partial charge is 0.352 e. The van der Waals surface area contributed by atoms with Crippen LogP contribution < -0.4 is 15.9 Å². The molecule has 0 saturated carbocycles. The fourth-order valence-corrected chi connectivity index (χ4v) is 2.94. The van der Waals surface area contributed by atoms with Gasteiger partial charge in [-0.1, -0.05) is 0 Å². The van der Waals surface area contributed by atoms with Crippen molar-refractivity contribution in [3.05, 3.63) is 40.3 Å². The lowest BCUT2D eigenvalue weighted by molar-refractivity contribution is 0.586. The number of imidazole rings is 1. The first-order valence-corrected chi connectivity index (χ1v) is 7.66. The molecule has 0 radical (unpaired) electrons. The Balaban J connectivity index is 1.95. The summed E-state index contributed by atoms with van der Waals surface area (Å²) in [4.78, 5) is 30.0. The molecule has 1 saturated heterocycles. The van der Waals surface area contributed by atoms with Gasteiger partial charge in [0.2, 0.25) is 5.28 Å². The first kappa shape index (κ1) is 14.2. The Kier molecular flexibility index (Phi) is 3.47. The second kappa shape index (κ2) is 5.64. The van der Waals surface area contributed by atoms with E-state index >= 15 is 0 Å². The van der Waals surface area contributed by atoms with Crippen molar-refractivity contribution in [3.8, 4) is 5.69 Å². The number of halogens is 1. The maximum Gasteiger partial charge on any atom is 0.332 e. The maximum atomic E-state index is 12.4. The number of pyridine rings is 1. The number of fused-ring (bicyclic) bond motifs is 1. The molecule has 23 heavy (non-hydrogen) atoms. The molecule has 0 atom stereocenters. The predicted octanol–water partition coefficient (Wildman–Crippen LogP) is 0.567. The maximum absolute atomic E-state index is 12.4. The van der Waals surface area contributed by atoms with Crippen LogP contribution in [0.1, 0.15) is 0 Å². The molecule has 3 aromatic heterocycles. The van der Waals surface area contributed by atoms with E-state index in [1.165, 1.54) is 4.57 Å². The predicted molar refractivity (Wildman–Crippen MR) is 87.4 cm³/mol. The quantitative estimate of drug-likeness (QED) is 0.667. The van der Waals surface area contributed by atoms with E-state index in [0.29, 0.717) is 22.7 Å². The van der Waals surface area contributed by atoms with Gasteiger partial charge in [-0.25, -0.2) is 9.36 Å². The van der Waals surface area contributed by atoms with Gasteiger partial charge in [0.15, 0.2) is 11.5 Å². The van der Waals surface area contributed by atoms with Crippen molar-refractivity contribution < 1.29 is 0 Å². The second-order valence-electron chi connectivity index (χ2n) is 5.23. The zero-order valence-corrected chi connectivity index (χ0v) is 12.9. The molecule has 0 spiro atoms. The van der Waals surface area contributed by atoms with Crippen LogP contribution in [-0.2, 0) is 0 Å². The van der Waals surface area contributed by atoms with Gasteiger partial charge in [-0.3, -0.25) is 4.98 Å². The molecular weight excluding hydrogens is 318 g/mol. The molecule has 0 bridgehead atoms. The highest BCUT2D eigenvalue weighted by atomic mass is 35.5. The zero-order chi connectivity index (χ0) is 15.8. The minimum Gasteiger partial charge on any atom is -0.352 e. The fourth-order valence-electron chi connectivity index (χ4n) is 2.78. The highest BCUT2D eigenvalue weighted by Crippen LogP contribution is 2.24. The van der Waals surface area contributed by atoms with Gasteiger partial charge >= 0.3 is 5.69 Å². The molecule has 0 aliphatic carbocycles. The van der Waals surface area contributed by atoms with Crippen LogP contribution in [0.4, 0.5) is 5.82 Å². The summed E-state index contributed by atoms with van der Waals surface area (Å²) in [5, 5.41) is 3.40. The van der Waals surface area contributed by atoms with E-state index in [1.807, 2.05) is 0 Å². The summed E-state index contributed by atoms with van der Waals surface area (Å²) in [6.07, 6.45) is 3.26. The summed E-state index contributed by atoms with van der Waals surface area (Å²) in [7, 11) is 0. The minimum absolute atomic E-state index is 0.114. The molecule has 1 fully saturated rings. The van der Waals surface area contributed by atoms with Crippen molar-refractivity contribution in [1.82, 2.24) is 29.8 Å². The van der Waals surface area contributed by atoms with Gasteiger partial charge in [0.25, 0.3) is 0 Å². The lowest BCUT2D eigenvalue weighted by Crippen LogP contribution is -2.44. The van der Waals surface area contributed by atoms with Crippen molar-refractivity contribution in [2.75, 3.05) is 31.1 Å². The third kappa shape index (κ3) is 2.45. The second-order valence-corrected chi connectivity index (χ2v) is 5.57. The number of rotatable bonds is 2. The summed E-state index contributed by atoms with van der Waals surface area (Å²) in [5.74, 6) is 0.654. The third-order valence-electron chi connectivity index (χ3n) is 3.81. The smallest absolute Gasteiger partial charge is 0.332 e. The zero-order valence-electron chi connectivity index (χ0n) is 12.2. The Labute approximate surface area is 136 Å². The number of aromatic amines is 1. The lowest BCUT2D eigenvalue weighted by Gasteiger charge is -2.28. The van der Waals surface area contributed by atoms with Crippen molar-refractivity contribution in [1.29, 1.82) is 0 Å². The molecule has 3 aromatic rings. The molecular formula is C14H14ClN7O. The number of aromatic nitrogens is 5. The van der Waals surface area contributed by atoms with E-state index in [1.54, 1.807) is 24.5 Å². The number of nitrogens with one attached hydrogen (secondary N) is 2. The highest BCUT2D eigenvalue weighted by Gasteiger charge is 2.21. The monoisotopic (exact) mass is 331 g/mol. The number of hydrogen-bond acceptors (Lipinski definition) is 6. The van der Waals surface area contributed by atoms with E-state index in [9.17, 15) is 4.79 Å². The van der Waals surface area contributed by atoms with Gasteiger partial charge in [0.05, 0.1) is 11.9 Å². The Morgan fingerprint density at radius 3 is 2.78 bits per heavy atom. The summed E-state index contributed by atoms with van der Waals surface area (Å²) in [6.45, 7) is 3.30. The Morgan fingerprint density at radius 2 is 2.04 bits per heavy atom. The van der Waals surface area contributed by atoms with E-state index in [0.717, 1.165) is 26.2 Å². The SMILES string of the molecule is O=c1[nH]c2c(N3CCNCC3)nc(Cl)nc2n1-c1cccnc1. The van der Waals surface area contributed by atoms with Crippen LogP contribution in [0.3, 0.4) is 0 Å². The summed E-state index contributed by atoms with van der Waals surface area (Å²) >= 11 is 6.10. The van der Waals surface area contributed by atoms with Gasteiger partial charge < -0.3 is 15.2 Å². The van der Waals surface area contributed by atoms with Crippen LogP contribution in [0.5, 0.6) is 0 Å². The van der Waals surface area contributed by atoms with Crippen molar-refractivity contribution in [2.24, 2.45) is 0 Å². The van der Waals surface area contributed by atoms with Crippen LogP contribution in [-0.4, -0.2) is 50.7 Å². The first-order valence-electron chi connectivity index (χ1n) is 7.28. The van der Waals surface area contributed by atoms with Crippen LogP contribution in [0.25, 0.3) is 16.9 Å². The van der Waals surface area contributed by atoms with Crippen LogP contribution in [0.2, 0.25) is 5.28 Å². The van der Waals surface area contributed by atoms with Gasteiger partial charge in [0.1, 0.15) is 5.52 Å². The van der Waals surface area contributed by atoms with E-state index in [4.69, 9.17) is 11.6 Å². The molecule has 4 heterocycles. The van der Waals surface area contributed by atoms with E-state index < -0.39 is 0 Å². The molecule has 0 unspecified atom stereocenters. The summed E-state index contributed by atoms with van der Waals surface area (Å²) in [6, 6.07) is 3.56. The van der Waals surface area contributed by atoms with Crippen molar-refractivity contribution >= 4 is 28.6 Å². The average Bonchev–Trinajstić information content (AvgIpc) is 2.91. The minimum atomic E-state index is -0.291. The topological polar surface area (TPSA) is 91.7 Å². The third-order valence-corrected chi connectivity index (χ3v) is 3.98. The fraction of sp³-hybridized carbons (Fsp3) is 0.286. The van der Waals surface area contributed by atoms with Crippen LogP contribution in [0.15, 0.2) is 29.3 Å². The van der Waals surface area contributed by atoms with Crippen molar-refractivity contribution in [3.63, 3.8) is 0 Å². The normalized spacial score (nSPS) is 15.3. The molecule has 118 valence electrons. The number of nitrogens with zero attached hydrogens (tertiary/aromatic N) is 5. The lowest BCUT2D eigenvalue weighted by atomic mass is 10.3. The molecule has 4 rings (SSSR count). The molecule has 1 aliphatic rings. The highest BCUT2D eigenvalue weighted by molar-refractivity contribution is 6.28. The Morgan fingerprint density at radius 1 is 1.22 bits per heavy atom. The molecule has 2 N–H and O–H groups in total.